The van der Waals surface area contributed by atoms with Gasteiger partial charge in [0.15, 0.2) is 6.61 Å². The van der Waals surface area contributed by atoms with Crippen molar-refractivity contribution in [3.63, 3.8) is 0 Å². The molecule has 0 aliphatic carbocycles. The van der Waals surface area contributed by atoms with Gasteiger partial charge in [0.2, 0.25) is 0 Å². The molecule has 0 radical (unpaired) electrons. The molecule has 0 bridgehead atoms. The van der Waals surface area contributed by atoms with Crippen LogP contribution in [0.25, 0.3) is 0 Å². The summed E-state index contributed by atoms with van der Waals surface area (Å²) in [7, 11) is 0. The van der Waals surface area contributed by atoms with E-state index in [1.807, 2.05) is 0 Å². The first-order valence-electron chi connectivity index (χ1n) is 1.81. The first kappa shape index (κ1) is 8.99. The maximum atomic E-state index is 11.1. The topological polar surface area (TPSA) is 26.3 Å². The highest BCUT2D eigenvalue weighted by atomic mass is 127. The van der Waals surface area contributed by atoms with Gasteiger partial charge >= 0.3 is 10.2 Å². The van der Waals surface area contributed by atoms with Gasteiger partial charge in [-0.2, -0.15) is 13.2 Å². The summed E-state index contributed by atoms with van der Waals surface area (Å²) in [5.41, 5.74) is 0. The Morgan fingerprint density at radius 1 is 1.56 bits per heavy atom. The minimum absolute atomic E-state index is 0.954. The third-order valence-corrected chi connectivity index (χ3v) is 0.661. The summed E-state index contributed by atoms with van der Waals surface area (Å²) in [4.78, 5) is 9.75. The summed E-state index contributed by atoms with van der Waals surface area (Å²) in [6.07, 6.45) is -4.42. The number of carbonyl (C=O) groups excluding carboxylic acids is 1. The Morgan fingerprint density at radius 2 is 2.00 bits per heavy atom. The number of rotatable bonds is 1. The normalized spacial score (nSPS) is 11.1. The highest BCUT2D eigenvalue weighted by Gasteiger charge is 2.28. The van der Waals surface area contributed by atoms with Gasteiger partial charge < -0.3 is 4.74 Å². The second-order valence-corrected chi connectivity index (χ2v) is 2.02. The van der Waals surface area contributed by atoms with Crippen molar-refractivity contribution < 1.29 is 22.7 Å². The summed E-state index contributed by atoms with van der Waals surface area (Å²) >= 11 is 1.12. The first-order chi connectivity index (χ1) is 3.92. The Morgan fingerprint density at radius 3 is 2.11 bits per heavy atom. The van der Waals surface area contributed by atoms with Crippen LogP contribution in [0.15, 0.2) is 0 Å². The fourth-order valence-corrected chi connectivity index (χ4v) is 0.294. The van der Waals surface area contributed by atoms with E-state index < -0.39 is 16.8 Å². The fourth-order valence-electron chi connectivity index (χ4n) is 0.139. The van der Waals surface area contributed by atoms with Crippen molar-refractivity contribution in [2.24, 2.45) is 0 Å². The van der Waals surface area contributed by atoms with Gasteiger partial charge in [0, 0.05) is 0 Å². The number of ether oxygens (including phenoxy) is 1. The quantitative estimate of drug-likeness (QED) is 0.529. The zero-order valence-electron chi connectivity index (χ0n) is 4.04. The van der Waals surface area contributed by atoms with Crippen LogP contribution in [0.3, 0.4) is 0 Å². The molecule has 0 heterocycles. The number of hydrogen-bond donors (Lipinski definition) is 0. The number of halogens is 4. The molecule has 0 aromatic heterocycles. The zero-order valence-corrected chi connectivity index (χ0v) is 6.19. The molecule has 0 aliphatic rings. The molecule has 0 aliphatic heterocycles. The van der Waals surface area contributed by atoms with Crippen LogP contribution in [0.4, 0.5) is 18.0 Å². The lowest BCUT2D eigenvalue weighted by Crippen LogP contribution is -2.17. The van der Waals surface area contributed by atoms with Crippen molar-refractivity contribution in [3.8, 4) is 0 Å². The van der Waals surface area contributed by atoms with Gasteiger partial charge in [0.1, 0.15) is 0 Å². The lowest BCUT2D eigenvalue weighted by molar-refractivity contribution is -0.157. The summed E-state index contributed by atoms with van der Waals surface area (Å²) in [5.74, 6) is 0. The van der Waals surface area contributed by atoms with Gasteiger partial charge in [-0.3, -0.25) is 0 Å². The summed E-state index contributed by atoms with van der Waals surface area (Å²) in [6.45, 7) is -1.51. The summed E-state index contributed by atoms with van der Waals surface area (Å²) in [6, 6.07) is 0. The van der Waals surface area contributed by atoms with Gasteiger partial charge in [-0.25, -0.2) is 4.79 Å². The van der Waals surface area contributed by atoms with E-state index in [4.69, 9.17) is 0 Å². The number of carbonyl (C=O) groups is 1. The van der Waals surface area contributed by atoms with Gasteiger partial charge in [-0.15, -0.1) is 0 Å². The van der Waals surface area contributed by atoms with Gasteiger partial charge in [-0.1, -0.05) is 0 Å². The van der Waals surface area contributed by atoms with Crippen LogP contribution in [0.5, 0.6) is 0 Å². The van der Waals surface area contributed by atoms with Crippen LogP contribution in [-0.2, 0) is 4.74 Å². The molecular weight excluding hydrogens is 252 g/mol. The van der Waals surface area contributed by atoms with E-state index in [0.29, 0.717) is 0 Å². The Bertz CT molecular complexity index is 110. The average Bonchev–Trinajstić information content (AvgIpc) is 1.59. The molecule has 9 heavy (non-hydrogen) atoms. The standard InChI is InChI=1S/C3H2F3IO2/c4-3(5,6)1-9-2(7)8/h1H2. The SMILES string of the molecule is O=C(I)OCC(F)(F)F. The average molecular weight is 254 g/mol. The van der Waals surface area contributed by atoms with E-state index in [1.54, 1.807) is 0 Å². The zero-order chi connectivity index (χ0) is 7.49. The Kier molecular flexibility index (Phi) is 3.23. The number of alkyl halides is 3. The molecule has 0 atom stereocenters. The second-order valence-electron chi connectivity index (χ2n) is 1.14. The molecule has 0 aromatic carbocycles. The lowest BCUT2D eigenvalue weighted by atomic mass is 10.7. The number of hydrogen-bond acceptors (Lipinski definition) is 2. The van der Waals surface area contributed by atoms with Gasteiger partial charge in [-0.05, 0) is 0 Å². The molecular formula is C3H2F3IO2. The predicted molar refractivity (Wildman–Crippen MR) is 31.4 cm³/mol. The van der Waals surface area contributed by atoms with Crippen LogP contribution in [0, 0.1) is 0 Å². The van der Waals surface area contributed by atoms with Gasteiger partial charge in [0.05, 0.1) is 22.6 Å². The Labute approximate surface area is 62.5 Å². The summed E-state index contributed by atoms with van der Waals surface area (Å²) in [5, 5.41) is 0. The largest absolute Gasteiger partial charge is 0.449 e. The van der Waals surface area contributed by atoms with E-state index >= 15 is 0 Å². The van der Waals surface area contributed by atoms with Gasteiger partial charge in [0.25, 0.3) is 0 Å². The van der Waals surface area contributed by atoms with Crippen LogP contribution >= 0.6 is 22.6 Å². The molecule has 0 aromatic rings. The van der Waals surface area contributed by atoms with Crippen molar-refractivity contribution in [1.82, 2.24) is 0 Å². The monoisotopic (exact) mass is 254 g/mol. The van der Waals surface area contributed by atoms with E-state index in [9.17, 15) is 18.0 Å². The minimum Gasteiger partial charge on any atom is -0.449 e. The third kappa shape index (κ3) is 7.99. The molecule has 0 fully saturated rings. The fraction of sp³-hybridized carbons (Fsp3) is 0.667. The van der Waals surface area contributed by atoms with Crippen molar-refractivity contribution in [3.05, 3.63) is 0 Å². The maximum absolute atomic E-state index is 11.1. The van der Waals surface area contributed by atoms with Crippen LogP contribution < -0.4 is 0 Å². The third-order valence-electron chi connectivity index (χ3n) is 0.349. The molecule has 0 amide bonds. The molecule has 54 valence electrons. The molecule has 0 saturated carbocycles. The Balaban J connectivity index is 3.39. The van der Waals surface area contributed by atoms with E-state index in [-0.39, 0.29) is 0 Å². The smallest absolute Gasteiger partial charge is 0.422 e. The van der Waals surface area contributed by atoms with E-state index in [2.05, 4.69) is 4.74 Å². The highest BCUT2D eigenvalue weighted by molar-refractivity contribution is 14.1. The molecule has 0 saturated heterocycles. The summed E-state index contributed by atoms with van der Waals surface area (Å²) < 4.78 is 36.1. The maximum Gasteiger partial charge on any atom is 0.422 e. The van der Waals surface area contributed by atoms with Crippen molar-refractivity contribution in [2.45, 2.75) is 6.18 Å². The van der Waals surface area contributed by atoms with Crippen LogP contribution in [0.2, 0.25) is 0 Å². The molecule has 0 unspecified atom stereocenters. The van der Waals surface area contributed by atoms with Crippen molar-refractivity contribution in [1.29, 1.82) is 0 Å². The Hall–Kier alpha value is -0.0100. The van der Waals surface area contributed by atoms with E-state index in [0.717, 1.165) is 22.6 Å². The molecule has 2 nitrogen and oxygen atoms in total. The first-order valence-corrected chi connectivity index (χ1v) is 2.89. The highest BCUT2D eigenvalue weighted by Crippen LogP contribution is 2.15. The lowest BCUT2D eigenvalue weighted by Gasteiger charge is -2.03. The minimum atomic E-state index is -4.42. The molecule has 0 rings (SSSR count). The molecule has 0 spiro atoms. The molecule has 0 N–H and O–H groups in total. The van der Waals surface area contributed by atoms with E-state index in [1.165, 1.54) is 0 Å². The van der Waals surface area contributed by atoms with Crippen LogP contribution in [-0.4, -0.2) is 16.8 Å². The van der Waals surface area contributed by atoms with Crippen LogP contribution in [0.1, 0.15) is 0 Å². The molecule has 6 heteroatoms. The van der Waals surface area contributed by atoms with Crippen molar-refractivity contribution >= 4 is 26.6 Å². The predicted octanol–water partition coefficient (Wildman–Crippen LogP) is 2.12. The van der Waals surface area contributed by atoms with Crippen molar-refractivity contribution in [2.75, 3.05) is 6.61 Å². The second kappa shape index (κ2) is 3.23.